The summed E-state index contributed by atoms with van der Waals surface area (Å²) in [7, 11) is 1.36. The molecule has 2 heterocycles. The summed E-state index contributed by atoms with van der Waals surface area (Å²) < 4.78 is 5.02. The fourth-order valence-electron chi connectivity index (χ4n) is 2.97. The molecule has 2 aromatic rings. The summed E-state index contributed by atoms with van der Waals surface area (Å²) >= 11 is 13.9. The van der Waals surface area contributed by atoms with Crippen LogP contribution in [0.1, 0.15) is 30.5 Å². The molecule has 1 atom stereocenters. The molecule has 0 amide bonds. The van der Waals surface area contributed by atoms with E-state index in [0.717, 1.165) is 10.7 Å². The molecule has 8 heteroatoms. The molecule has 1 aromatic heterocycles. The summed E-state index contributed by atoms with van der Waals surface area (Å²) in [5.41, 5.74) is 1.93. The molecular formula is C18H17Cl2N3O2S. The molecule has 1 aromatic carbocycles. The number of hydrogen-bond donors (Lipinski definition) is 0. The largest absolute Gasteiger partial charge is 0.466 e. The van der Waals surface area contributed by atoms with E-state index in [1.807, 2.05) is 24.1 Å². The number of nitrogens with zero attached hydrogens (tertiary/aromatic N) is 3. The van der Waals surface area contributed by atoms with Crippen molar-refractivity contribution in [1.82, 2.24) is 9.88 Å². The van der Waals surface area contributed by atoms with Gasteiger partial charge in [0.05, 0.1) is 12.7 Å². The highest BCUT2D eigenvalue weighted by atomic mass is 35.5. The van der Waals surface area contributed by atoms with E-state index in [0.29, 0.717) is 33.6 Å². The van der Waals surface area contributed by atoms with Crippen molar-refractivity contribution < 1.29 is 9.53 Å². The van der Waals surface area contributed by atoms with Gasteiger partial charge in [-0.25, -0.2) is 9.78 Å². The number of aromatic nitrogens is 1. The molecule has 0 N–H and O–H groups in total. The summed E-state index contributed by atoms with van der Waals surface area (Å²) in [6, 6.07) is 4.58. The van der Waals surface area contributed by atoms with Crippen LogP contribution in [-0.2, 0) is 9.53 Å². The number of carbonyl (C=O) groups excluding carboxylic acids is 1. The Morgan fingerprint density at radius 3 is 2.73 bits per heavy atom. The molecule has 0 radical (unpaired) electrons. The molecule has 26 heavy (non-hydrogen) atoms. The van der Waals surface area contributed by atoms with Crippen molar-refractivity contribution in [3.8, 4) is 0 Å². The molecular weight excluding hydrogens is 393 g/mol. The first kappa shape index (κ1) is 18.9. The molecule has 1 aliphatic rings. The van der Waals surface area contributed by atoms with Gasteiger partial charge in [-0.15, -0.1) is 11.3 Å². The third kappa shape index (κ3) is 3.37. The van der Waals surface area contributed by atoms with Gasteiger partial charge in [0.25, 0.3) is 0 Å². The Hall–Kier alpha value is -1.89. The Kier molecular flexibility index (Phi) is 5.65. The molecule has 136 valence electrons. The van der Waals surface area contributed by atoms with Crippen LogP contribution in [0.2, 0.25) is 10.0 Å². The van der Waals surface area contributed by atoms with Crippen LogP contribution in [0.3, 0.4) is 0 Å². The van der Waals surface area contributed by atoms with Crippen LogP contribution >= 0.6 is 34.5 Å². The van der Waals surface area contributed by atoms with E-state index < -0.39 is 12.0 Å². The lowest BCUT2D eigenvalue weighted by molar-refractivity contribution is -0.136. The number of benzene rings is 1. The summed E-state index contributed by atoms with van der Waals surface area (Å²) in [6.45, 7) is 4.53. The van der Waals surface area contributed by atoms with Crippen molar-refractivity contribution in [2.45, 2.75) is 19.9 Å². The van der Waals surface area contributed by atoms with Crippen LogP contribution in [0.4, 0.5) is 0 Å². The fraction of sp³-hybridized carbons (Fsp3) is 0.278. The van der Waals surface area contributed by atoms with E-state index in [-0.39, 0.29) is 0 Å². The van der Waals surface area contributed by atoms with Crippen LogP contribution in [0.15, 0.2) is 46.0 Å². The van der Waals surface area contributed by atoms with Crippen molar-refractivity contribution in [3.05, 3.63) is 61.7 Å². The third-order valence-electron chi connectivity index (χ3n) is 4.18. The Morgan fingerprint density at radius 2 is 2.15 bits per heavy atom. The van der Waals surface area contributed by atoms with Gasteiger partial charge in [-0.2, -0.15) is 0 Å². The Labute approximate surface area is 165 Å². The van der Waals surface area contributed by atoms with Gasteiger partial charge in [0, 0.05) is 39.4 Å². The number of ether oxygens (including phenoxy) is 1. The Balaban J connectivity index is 2.22. The molecule has 5 nitrogen and oxygen atoms in total. The highest BCUT2D eigenvalue weighted by molar-refractivity contribution is 7.11. The lowest BCUT2D eigenvalue weighted by atomic mass is 9.95. The lowest BCUT2D eigenvalue weighted by Crippen LogP contribution is -2.37. The molecule has 0 fully saturated rings. The molecule has 0 bridgehead atoms. The predicted molar refractivity (Wildman–Crippen MR) is 105 cm³/mol. The van der Waals surface area contributed by atoms with Gasteiger partial charge in [0.15, 0.2) is 10.8 Å². The zero-order valence-electron chi connectivity index (χ0n) is 14.5. The van der Waals surface area contributed by atoms with Gasteiger partial charge in [0.2, 0.25) is 0 Å². The molecule has 3 rings (SSSR count). The number of methoxy groups -OCH3 is 1. The number of hydrogen-bond acceptors (Lipinski definition) is 6. The minimum Gasteiger partial charge on any atom is -0.466 e. The first-order chi connectivity index (χ1) is 12.5. The van der Waals surface area contributed by atoms with Gasteiger partial charge in [-0.3, -0.25) is 4.99 Å². The highest BCUT2D eigenvalue weighted by Gasteiger charge is 2.35. The predicted octanol–water partition coefficient (Wildman–Crippen LogP) is 4.72. The molecule has 1 aliphatic heterocycles. The number of carbonyl (C=O) groups is 1. The molecule has 0 saturated carbocycles. The fourth-order valence-corrected chi connectivity index (χ4v) is 4.12. The third-order valence-corrected chi connectivity index (χ3v) is 5.51. The molecule has 0 spiro atoms. The van der Waals surface area contributed by atoms with E-state index in [2.05, 4.69) is 4.98 Å². The van der Waals surface area contributed by atoms with Crippen LogP contribution in [0.25, 0.3) is 0 Å². The second-order valence-corrected chi connectivity index (χ2v) is 7.33. The maximum absolute atomic E-state index is 12.5. The minimum atomic E-state index is -0.589. The smallest absolute Gasteiger partial charge is 0.338 e. The molecule has 1 unspecified atom stereocenters. The van der Waals surface area contributed by atoms with Gasteiger partial charge in [-0.05, 0) is 26.0 Å². The minimum absolute atomic E-state index is 0.432. The first-order valence-corrected chi connectivity index (χ1v) is 9.60. The van der Waals surface area contributed by atoms with Crippen molar-refractivity contribution in [3.63, 3.8) is 0 Å². The molecule has 0 saturated heterocycles. The van der Waals surface area contributed by atoms with Gasteiger partial charge < -0.3 is 9.64 Å². The lowest BCUT2D eigenvalue weighted by Gasteiger charge is -2.33. The Morgan fingerprint density at radius 1 is 1.38 bits per heavy atom. The van der Waals surface area contributed by atoms with Crippen molar-refractivity contribution in [1.29, 1.82) is 0 Å². The number of amidine groups is 1. The second-order valence-electron chi connectivity index (χ2n) is 5.59. The zero-order chi connectivity index (χ0) is 18.8. The van der Waals surface area contributed by atoms with E-state index in [4.69, 9.17) is 32.9 Å². The van der Waals surface area contributed by atoms with Crippen molar-refractivity contribution in [2.75, 3.05) is 13.7 Å². The topological polar surface area (TPSA) is 54.8 Å². The van der Waals surface area contributed by atoms with Crippen molar-refractivity contribution in [2.24, 2.45) is 4.99 Å². The van der Waals surface area contributed by atoms with Crippen LogP contribution in [0.5, 0.6) is 0 Å². The first-order valence-electron chi connectivity index (χ1n) is 7.97. The van der Waals surface area contributed by atoms with E-state index >= 15 is 0 Å². The van der Waals surface area contributed by atoms with Crippen LogP contribution in [0, 0.1) is 0 Å². The monoisotopic (exact) mass is 409 g/mol. The van der Waals surface area contributed by atoms with Crippen LogP contribution < -0.4 is 0 Å². The van der Waals surface area contributed by atoms with Gasteiger partial charge >= 0.3 is 5.97 Å². The normalized spacial score (nSPS) is 17.3. The second kappa shape index (κ2) is 7.78. The number of allylic oxidation sites excluding steroid dienone is 1. The standard InChI is InChI=1S/C18H17Cl2N3O2S/c1-4-23-10(2)14(18(24)25-3)15(12-6-5-11(19)9-13(12)20)22-16(23)17-21-7-8-26-17/h5-9,15H,4H2,1-3H3. The SMILES string of the molecule is CCN1C(c2nccs2)=NC(c2ccc(Cl)cc2Cl)C(C(=O)OC)=C1C. The summed E-state index contributed by atoms with van der Waals surface area (Å²) in [6.07, 6.45) is 1.73. The average molecular weight is 410 g/mol. The number of esters is 1. The maximum Gasteiger partial charge on any atom is 0.338 e. The highest BCUT2D eigenvalue weighted by Crippen LogP contribution is 2.39. The molecule has 0 aliphatic carbocycles. The van der Waals surface area contributed by atoms with E-state index in [1.165, 1.54) is 18.4 Å². The summed E-state index contributed by atoms with van der Waals surface area (Å²) in [5, 5.41) is 3.65. The summed E-state index contributed by atoms with van der Waals surface area (Å²) in [5.74, 6) is 0.280. The van der Waals surface area contributed by atoms with E-state index in [1.54, 1.807) is 24.4 Å². The average Bonchev–Trinajstić information content (AvgIpc) is 3.15. The van der Waals surface area contributed by atoms with Gasteiger partial charge in [0.1, 0.15) is 6.04 Å². The maximum atomic E-state index is 12.5. The number of thiazole rings is 1. The van der Waals surface area contributed by atoms with E-state index in [9.17, 15) is 4.79 Å². The summed E-state index contributed by atoms with van der Waals surface area (Å²) in [4.78, 5) is 23.7. The number of aliphatic imine (C=N–C) groups is 1. The quantitative estimate of drug-likeness (QED) is 0.685. The van der Waals surface area contributed by atoms with Gasteiger partial charge in [-0.1, -0.05) is 29.3 Å². The Bertz CT molecular complexity index is 894. The van der Waals surface area contributed by atoms with Crippen LogP contribution in [-0.4, -0.2) is 35.3 Å². The zero-order valence-corrected chi connectivity index (χ0v) is 16.8. The van der Waals surface area contributed by atoms with Crippen molar-refractivity contribution >= 4 is 46.3 Å². The number of halogens is 2. The number of rotatable bonds is 4.